The number of hydrogen-bond donors (Lipinski definition) is 1. The number of amides is 2. The molecule has 1 fully saturated rings. The molecule has 0 aromatic heterocycles. The highest BCUT2D eigenvalue weighted by molar-refractivity contribution is 9.09. The van der Waals surface area contributed by atoms with Gasteiger partial charge in [-0.25, -0.2) is 9.18 Å². The number of carbonyl (C=O) groups excluding carboxylic acids is 2. The van der Waals surface area contributed by atoms with Crippen LogP contribution in [0.2, 0.25) is 0 Å². The van der Waals surface area contributed by atoms with Gasteiger partial charge in [0.15, 0.2) is 0 Å². The number of alkyl halides is 1. The summed E-state index contributed by atoms with van der Waals surface area (Å²) < 4.78 is 27.1. The SMILES string of the molecule is CC(C)(C)OC(=O)N1CCN(Cc2ccccc2)C(=O)[C@@H]1[C@@H](O)[C@H](Cc1cc(F)cc(OC/C=C/CCCBr)c1)N(Cc1ccccc1)Cc1ccccc1. The lowest BCUT2D eigenvalue weighted by atomic mass is 9.91. The van der Waals surface area contributed by atoms with Crippen LogP contribution in [-0.4, -0.2) is 80.6 Å². The van der Waals surface area contributed by atoms with E-state index in [1.807, 2.05) is 103 Å². The highest BCUT2D eigenvalue weighted by Gasteiger charge is 2.47. The van der Waals surface area contributed by atoms with Crippen molar-refractivity contribution in [1.82, 2.24) is 14.7 Å². The molecule has 0 unspecified atom stereocenters. The Morgan fingerprint density at radius 1 is 0.891 bits per heavy atom. The van der Waals surface area contributed by atoms with Gasteiger partial charge in [-0.05, 0) is 74.4 Å². The topological polar surface area (TPSA) is 82.5 Å². The molecule has 1 saturated heterocycles. The number of carbonyl (C=O) groups is 2. The molecule has 10 heteroatoms. The third-order valence-corrected chi connectivity index (χ3v) is 9.95. The van der Waals surface area contributed by atoms with Gasteiger partial charge in [0, 0.05) is 50.2 Å². The Morgan fingerprint density at radius 2 is 1.49 bits per heavy atom. The molecule has 0 spiro atoms. The van der Waals surface area contributed by atoms with E-state index in [9.17, 15) is 14.7 Å². The molecule has 1 aliphatic heterocycles. The van der Waals surface area contributed by atoms with E-state index < -0.39 is 35.7 Å². The lowest BCUT2D eigenvalue weighted by molar-refractivity contribution is -0.150. The average Bonchev–Trinajstić information content (AvgIpc) is 3.16. The van der Waals surface area contributed by atoms with Crippen molar-refractivity contribution in [3.05, 3.63) is 149 Å². The van der Waals surface area contributed by atoms with E-state index in [4.69, 9.17) is 9.47 Å². The van der Waals surface area contributed by atoms with Crippen molar-refractivity contribution in [2.24, 2.45) is 0 Å². The Balaban J connectivity index is 1.56. The molecule has 3 atom stereocenters. The molecular formula is C45H53BrFN3O5. The van der Waals surface area contributed by atoms with E-state index in [1.54, 1.807) is 31.7 Å². The second-order valence-electron chi connectivity index (χ2n) is 14.9. The first kappa shape index (κ1) is 41.6. The van der Waals surface area contributed by atoms with Crippen molar-refractivity contribution in [2.75, 3.05) is 25.0 Å². The first-order valence-electron chi connectivity index (χ1n) is 19.0. The third kappa shape index (κ3) is 12.8. The largest absolute Gasteiger partial charge is 0.489 e. The van der Waals surface area contributed by atoms with Crippen LogP contribution < -0.4 is 4.74 Å². The highest BCUT2D eigenvalue weighted by Crippen LogP contribution is 2.29. The lowest BCUT2D eigenvalue weighted by Crippen LogP contribution is -2.66. The number of piperazine rings is 1. The summed E-state index contributed by atoms with van der Waals surface area (Å²) in [4.78, 5) is 33.7. The fourth-order valence-corrected chi connectivity index (χ4v) is 7.13. The number of rotatable bonds is 17. The van der Waals surface area contributed by atoms with Crippen LogP contribution in [0.25, 0.3) is 0 Å². The van der Waals surface area contributed by atoms with Gasteiger partial charge < -0.3 is 19.5 Å². The van der Waals surface area contributed by atoms with Crippen molar-refractivity contribution in [2.45, 2.75) is 83.5 Å². The number of ether oxygens (including phenoxy) is 2. The maximum atomic E-state index is 15.3. The molecule has 4 aromatic rings. The predicted octanol–water partition coefficient (Wildman–Crippen LogP) is 8.56. The van der Waals surface area contributed by atoms with Gasteiger partial charge in [-0.1, -0.05) is 119 Å². The molecule has 0 saturated carbocycles. The molecule has 8 nitrogen and oxygen atoms in total. The number of aliphatic hydroxyl groups is 1. The zero-order valence-electron chi connectivity index (χ0n) is 32.0. The monoisotopic (exact) mass is 813 g/mol. The number of aliphatic hydroxyl groups excluding tert-OH is 1. The molecule has 0 aliphatic carbocycles. The first-order chi connectivity index (χ1) is 26.5. The van der Waals surface area contributed by atoms with Gasteiger partial charge in [0.2, 0.25) is 5.91 Å². The molecule has 0 bridgehead atoms. The van der Waals surface area contributed by atoms with Crippen LogP contribution in [-0.2, 0) is 35.6 Å². The zero-order valence-corrected chi connectivity index (χ0v) is 33.6. The lowest BCUT2D eigenvalue weighted by Gasteiger charge is -2.46. The van der Waals surface area contributed by atoms with Crippen molar-refractivity contribution in [3.63, 3.8) is 0 Å². The molecule has 2 amide bonds. The molecule has 1 aliphatic rings. The van der Waals surface area contributed by atoms with Gasteiger partial charge >= 0.3 is 6.09 Å². The van der Waals surface area contributed by atoms with E-state index in [2.05, 4.69) is 20.8 Å². The minimum absolute atomic E-state index is 0.153. The third-order valence-electron chi connectivity index (χ3n) is 9.39. The van der Waals surface area contributed by atoms with Crippen LogP contribution in [0.4, 0.5) is 9.18 Å². The van der Waals surface area contributed by atoms with Crippen molar-refractivity contribution < 1.29 is 28.6 Å². The minimum atomic E-state index is -1.41. The van der Waals surface area contributed by atoms with Gasteiger partial charge in [-0.2, -0.15) is 0 Å². The van der Waals surface area contributed by atoms with Crippen LogP contribution >= 0.6 is 15.9 Å². The second-order valence-corrected chi connectivity index (χ2v) is 15.7. The predicted molar refractivity (Wildman–Crippen MR) is 218 cm³/mol. The number of benzene rings is 4. The minimum Gasteiger partial charge on any atom is -0.489 e. The Kier molecular flexibility index (Phi) is 15.5. The normalized spacial score (nSPS) is 16.1. The fourth-order valence-electron chi connectivity index (χ4n) is 6.81. The van der Waals surface area contributed by atoms with Crippen molar-refractivity contribution in [1.29, 1.82) is 0 Å². The van der Waals surface area contributed by atoms with E-state index >= 15 is 4.39 Å². The van der Waals surface area contributed by atoms with E-state index in [0.29, 0.717) is 30.9 Å². The van der Waals surface area contributed by atoms with E-state index in [1.165, 1.54) is 17.0 Å². The summed E-state index contributed by atoms with van der Waals surface area (Å²) >= 11 is 3.44. The van der Waals surface area contributed by atoms with Gasteiger partial charge in [0.05, 0.1) is 6.10 Å². The smallest absolute Gasteiger partial charge is 0.411 e. The number of allylic oxidation sites excluding steroid dienone is 1. The summed E-state index contributed by atoms with van der Waals surface area (Å²) in [5.41, 5.74) is 2.68. The maximum Gasteiger partial charge on any atom is 0.411 e. The van der Waals surface area contributed by atoms with Crippen LogP contribution in [0.5, 0.6) is 5.75 Å². The quantitative estimate of drug-likeness (QED) is 0.0654. The molecule has 5 rings (SSSR count). The van der Waals surface area contributed by atoms with Gasteiger partial charge in [-0.3, -0.25) is 14.6 Å². The standard InChI is InChI=1S/C45H53BrFN3O5/c1-45(2,3)55-44(53)50-25-24-48(31-34-17-9-6-10-18-34)43(52)41(50)42(51)40(29-37-27-38(47)30-39(28-37)54-26-16-5-4-15-23-46)49(32-35-19-11-7-12-20-35)33-36-21-13-8-14-22-36/h5-14,16-22,27-28,30,40-42,51H,4,15,23-26,29,31-33H2,1-3H3/b16-5+/t40-,41-,42-/m0/s1. The van der Waals surface area contributed by atoms with Crippen LogP contribution in [0.15, 0.2) is 121 Å². The number of nitrogens with zero attached hydrogens (tertiary/aromatic N) is 3. The molecule has 1 heterocycles. The summed E-state index contributed by atoms with van der Waals surface area (Å²) in [5.74, 6) is -0.489. The number of hydrogen-bond acceptors (Lipinski definition) is 6. The van der Waals surface area contributed by atoms with Gasteiger partial charge in [0.1, 0.15) is 29.8 Å². The summed E-state index contributed by atoms with van der Waals surface area (Å²) in [6.07, 6.45) is 3.94. The Bertz CT molecular complexity index is 1780. The Hall–Kier alpha value is -4.51. The number of halogens is 2. The second kappa shape index (κ2) is 20.4. The highest BCUT2D eigenvalue weighted by atomic mass is 79.9. The maximum absolute atomic E-state index is 15.3. The molecule has 292 valence electrons. The van der Waals surface area contributed by atoms with E-state index in [0.717, 1.165) is 34.9 Å². The van der Waals surface area contributed by atoms with Crippen molar-refractivity contribution in [3.8, 4) is 5.75 Å². The van der Waals surface area contributed by atoms with Crippen LogP contribution in [0, 0.1) is 5.82 Å². The van der Waals surface area contributed by atoms with Crippen molar-refractivity contribution >= 4 is 27.9 Å². The van der Waals surface area contributed by atoms with Crippen LogP contribution in [0.1, 0.15) is 55.9 Å². The molecule has 0 radical (unpaired) electrons. The molecule has 4 aromatic carbocycles. The molecule has 1 N–H and O–H groups in total. The summed E-state index contributed by atoms with van der Waals surface area (Å²) in [7, 11) is 0. The molecule has 55 heavy (non-hydrogen) atoms. The number of unbranched alkanes of at least 4 members (excludes halogenated alkanes) is 1. The van der Waals surface area contributed by atoms with E-state index in [-0.39, 0.29) is 32.0 Å². The Labute approximate surface area is 333 Å². The summed E-state index contributed by atoms with van der Waals surface area (Å²) in [6, 6.07) is 32.0. The van der Waals surface area contributed by atoms with Gasteiger partial charge in [-0.15, -0.1) is 0 Å². The molecular weight excluding hydrogens is 761 g/mol. The first-order valence-corrected chi connectivity index (χ1v) is 20.1. The van der Waals surface area contributed by atoms with Gasteiger partial charge in [0.25, 0.3) is 0 Å². The fraction of sp³-hybridized carbons (Fsp3) is 0.378. The summed E-state index contributed by atoms with van der Waals surface area (Å²) in [5, 5.41) is 13.7. The average molecular weight is 815 g/mol. The Morgan fingerprint density at radius 3 is 2.07 bits per heavy atom. The summed E-state index contributed by atoms with van der Waals surface area (Å²) in [6.45, 7) is 7.19. The van der Waals surface area contributed by atoms with Crippen LogP contribution in [0.3, 0.4) is 0 Å². The zero-order chi connectivity index (χ0) is 39.2.